The molecule has 0 amide bonds. The summed E-state index contributed by atoms with van der Waals surface area (Å²) in [4.78, 5) is 0. The van der Waals surface area contributed by atoms with Gasteiger partial charge in [0, 0.05) is 5.92 Å². The van der Waals surface area contributed by atoms with Crippen LogP contribution in [0.3, 0.4) is 0 Å². The third kappa shape index (κ3) is 5.48. The van der Waals surface area contributed by atoms with Gasteiger partial charge in [-0.1, -0.05) is 86.2 Å². The fourth-order valence-electron chi connectivity index (χ4n) is 10.1. The Hall–Kier alpha value is -3.12. The standard InChI is InChI=1S/C46H54/c1-27(2)19-42-29(4)20-40-24-39(26-44(40)46(42)35-9-7-28(3)8-10-35)36-17-18-41-30(5)21-43(45(41)25-36)34-15-13-33(14-16-34)38-22-37(23-38)31(6)32-11-12-32/h7-10,17-18,20-21,24-25,30-34,37-38H,1,11-16,19,22-23,26H2,2-6H3. The molecule has 3 aromatic carbocycles. The van der Waals surface area contributed by atoms with Gasteiger partial charge in [0.2, 0.25) is 0 Å². The summed E-state index contributed by atoms with van der Waals surface area (Å²) in [6.07, 6.45) is 18.9. The second-order valence-corrected chi connectivity index (χ2v) is 16.5. The number of fused-ring (bicyclic) bond motifs is 2. The van der Waals surface area contributed by atoms with E-state index in [1.807, 2.05) is 0 Å². The van der Waals surface area contributed by atoms with Crippen molar-refractivity contribution in [1.82, 2.24) is 0 Å². The molecule has 3 fully saturated rings. The predicted octanol–water partition coefficient (Wildman–Crippen LogP) is 12.6. The Morgan fingerprint density at radius 3 is 2.26 bits per heavy atom. The monoisotopic (exact) mass is 606 g/mol. The fourth-order valence-corrected chi connectivity index (χ4v) is 10.1. The Labute approximate surface area is 279 Å². The molecule has 2 unspecified atom stereocenters. The number of rotatable bonds is 8. The molecule has 0 N–H and O–H groups in total. The maximum atomic E-state index is 4.30. The molecule has 0 aromatic heterocycles. The lowest BCUT2D eigenvalue weighted by atomic mass is 9.60. The van der Waals surface area contributed by atoms with E-state index in [2.05, 4.69) is 102 Å². The van der Waals surface area contributed by atoms with Crippen molar-refractivity contribution in [2.24, 2.45) is 35.5 Å². The molecular weight excluding hydrogens is 553 g/mol. The number of hydrogen-bond donors (Lipinski definition) is 0. The van der Waals surface area contributed by atoms with Crippen molar-refractivity contribution < 1.29 is 0 Å². The van der Waals surface area contributed by atoms with Gasteiger partial charge in [0.1, 0.15) is 0 Å². The molecule has 2 atom stereocenters. The topological polar surface area (TPSA) is 0 Å². The average Bonchev–Trinajstić information content (AvgIpc) is 3.71. The van der Waals surface area contributed by atoms with Gasteiger partial charge < -0.3 is 0 Å². The van der Waals surface area contributed by atoms with Crippen molar-refractivity contribution in [3.63, 3.8) is 0 Å². The summed E-state index contributed by atoms with van der Waals surface area (Å²) >= 11 is 0. The molecule has 238 valence electrons. The van der Waals surface area contributed by atoms with Crippen LogP contribution in [0.25, 0.3) is 28.3 Å². The zero-order chi connectivity index (χ0) is 31.7. The zero-order valence-electron chi connectivity index (χ0n) is 29.1. The van der Waals surface area contributed by atoms with Crippen molar-refractivity contribution in [2.45, 2.75) is 105 Å². The molecule has 0 saturated heterocycles. The van der Waals surface area contributed by atoms with Crippen LogP contribution in [-0.2, 0) is 12.8 Å². The van der Waals surface area contributed by atoms with Crippen molar-refractivity contribution in [1.29, 1.82) is 0 Å². The van der Waals surface area contributed by atoms with Crippen LogP contribution >= 0.6 is 0 Å². The normalized spacial score (nSPS) is 27.4. The van der Waals surface area contributed by atoms with E-state index in [0.717, 1.165) is 48.3 Å². The molecule has 5 aliphatic carbocycles. The predicted molar refractivity (Wildman–Crippen MR) is 198 cm³/mol. The summed E-state index contributed by atoms with van der Waals surface area (Å²) in [7, 11) is 0. The van der Waals surface area contributed by atoms with Crippen molar-refractivity contribution in [2.75, 3.05) is 0 Å². The van der Waals surface area contributed by atoms with E-state index in [9.17, 15) is 0 Å². The number of allylic oxidation sites excluding steroid dienone is 4. The van der Waals surface area contributed by atoms with Crippen LogP contribution in [0, 0.1) is 49.4 Å². The molecule has 0 radical (unpaired) electrons. The third-order valence-corrected chi connectivity index (χ3v) is 13.2. The van der Waals surface area contributed by atoms with Gasteiger partial charge in [-0.2, -0.15) is 0 Å². The van der Waals surface area contributed by atoms with Crippen LogP contribution in [0.5, 0.6) is 0 Å². The highest BCUT2D eigenvalue weighted by Gasteiger charge is 2.43. The number of hydrogen-bond acceptors (Lipinski definition) is 0. The van der Waals surface area contributed by atoms with E-state index in [1.165, 1.54) is 107 Å². The van der Waals surface area contributed by atoms with Gasteiger partial charge >= 0.3 is 0 Å². The minimum atomic E-state index is 0.531. The molecule has 0 aliphatic heterocycles. The minimum Gasteiger partial charge on any atom is -0.0998 e. The zero-order valence-corrected chi connectivity index (χ0v) is 29.1. The summed E-state index contributed by atoms with van der Waals surface area (Å²) in [5, 5.41) is 0. The van der Waals surface area contributed by atoms with Gasteiger partial charge in [0.05, 0.1) is 0 Å². The molecule has 3 saturated carbocycles. The summed E-state index contributed by atoms with van der Waals surface area (Å²) in [5.74, 6) is 6.42. The van der Waals surface area contributed by atoms with Crippen LogP contribution in [0.15, 0.2) is 66.8 Å². The maximum absolute atomic E-state index is 4.30. The van der Waals surface area contributed by atoms with Crippen LogP contribution in [0.4, 0.5) is 0 Å². The number of aryl methyl sites for hydroxylation is 2. The molecule has 5 aliphatic rings. The minimum absolute atomic E-state index is 0.531. The first-order chi connectivity index (χ1) is 22.2. The molecule has 3 aromatic rings. The Morgan fingerprint density at radius 1 is 0.848 bits per heavy atom. The van der Waals surface area contributed by atoms with Crippen LogP contribution < -0.4 is 0 Å². The van der Waals surface area contributed by atoms with E-state index in [1.54, 1.807) is 16.7 Å². The summed E-state index contributed by atoms with van der Waals surface area (Å²) < 4.78 is 0. The van der Waals surface area contributed by atoms with E-state index in [-0.39, 0.29) is 0 Å². The lowest BCUT2D eigenvalue weighted by Crippen LogP contribution is -2.36. The first-order valence-electron chi connectivity index (χ1n) is 18.7. The van der Waals surface area contributed by atoms with Gasteiger partial charge in [-0.3, -0.25) is 0 Å². The molecule has 46 heavy (non-hydrogen) atoms. The van der Waals surface area contributed by atoms with Crippen molar-refractivity contribution in [3.05, 3.63) is 111 Å². The molecule has 0 spiro atoms. The maximum Gasteiger partial charge on any atom is 0.000174 e. The molecule has 8 rings (SSSR count). The second-order valence-electron chi connectivity index (χ2n) is 16.5. The summed E-state index contributed by atoms with van der Waals surface area (Å²) in [5.41, 5.74) is 18.7. The Balaban J connectivity index is 1.02. The molecular formula is C46H54. The van der Waals surface area contributed by atoms with Gasteiger partial charge in [0.25, 0.3) is 0 Å². The lowest BCUT2D eigenvalue weighted by Gasteiger charge is -2.46. The Bertz CT molecular complexity index is 1720. The van der Waals surface area contributed by atoms with Gasteiger partial charge in [-0.05, 0) is 188 Å². The Morgan fingerprint density at radius 2 is 1.57 bits per heavy atom. The molecule has 0 heteroatoms. The van der Waals surface area contributed by atoms with Gasteiger partial charge in [-0.25, -0.2) is 0 Å². The Kier molecular flexibility index (Phi) is 7.78. The van der Waals surface area contributed by atoms with Gasteiger partial charge in [-0.15, -0.1) is 0 Å². The first-order valence-corrected chi connectivity index (χ1v) is 18.7. The van der Waals surface area contributed by atoms with E-state index in [4.69, 9.17) is 0 Å². The van der Waals surface area contributed by atoms with Crippen LogP contribution in [-0.4, -0.2) is 0 Å². The first kappa shape index (κ1) is 30.2. The smallest absolute Gasteiger partial charge is 0.000174 e. The molecule has 0 heterocycles. The second kappa shape index (κ2) is 11.8. The highest BCUT2D eigenvalue weighted by atomic mass is 14.5. The molecule has 0 nitrogen and oxygen atoms in total. The lowest BCUT2D eigenvalue weighted by molar-refractivity contribution is 0.0530. The fraction of sp³-hybridized carbons (Fsp3) is 0.478. The SMILES string of the molecule is C=C(C)Cc1c(C)cc2c(c1-c1ccc(C)cc1)CC(c1ccc3c(c1)C(C1CCC(C4CC(C(C)C5CC5)C4)CC1)=CC3C)=C2. The number of benzene rings is 3. The quantitative estimate of drug-likeness (QED) is 0.224. The van der Waals surface area contributed by atoms with Crippen molar-refractivity contribution >= 4 is 17.2 Å². The van der Waals surface area contributed by atoms with Crippen LogP contribution in [0.1, 0.15) is 123 Å². The third-order valence-electron chi connectivity index (χ3n) is 13.2. The van der Waals surface area contributed by atoms with E-state index < -0.39 is 0 Å². The largest absolute Gasteiger partial charge is 0.0998 e. The van der Waals surface area contributed by atoms with Crippen LogP contribution in [0.2, 0.25) is 0 Å². The summed E-state index contributed by atoms with van der Waals surface area (Å²) in [6.45, 7) is 15.9. The highest BCUT2D eigenvalue weighted by molar-refractivity contribution is 5.94. The van der Waals surface area contributed by atoms with Crippen molar-refractivity contribution in [3.8, 4) is 11.1 Å². The summed E-state index contributed by atoms with van der Waals surface area (Å²) in [6, 6.07) is 19.1. The van der Waals surface area contributed by atoms with E-state index in [0.29, 0.717) is 5.92 Å². The van der Waals surface area contributed by atoms with E-state index >= 15 is 0 Å². The molecule has 0 bridgehead atoms. The average molecular weight is 607 g/mol. The van der Waals surface area contributed by atoms with Gasteiger partial charge in [0.15, 0.2) is 0 Å². The highest BCUT2D eigenvalue weighted by Crippen LogP contribution is 2.54.